The second kappa shape index (κ2) is 3.71. The van der Waals surface area contributed by atoms with Crippen LogP contribution in [-0.4, -0.2) is 22.9 Å². The van der Waals surface area contributed by atoms with Crippen molar-refractivity contribution in [3.8, 4) is 0 Å². The molecule has 0 aliphatic carbocycles. The van der Waals surface area contributed by atoms with Crippen LogP contribution in [0.25, 0.3) is 0 Å². The van der Waals surface area contributed by atoms with Gasteiger partial charge >= 0.3 is 11.7 Å². The van der Waals surface area contributed by atoms with E-state index >= 15 is 0 Å². The van der Waals surface area contributed by atoms with E-state index in [0.717, 1.165) is 0 Å². The number of halogens is 3. The fourth-order valence-electron chi connectivity index (χ4n) is 0.677. The quantitative estimate of drug-likeness (QED) is 0.392. The van der Waals surface area contributed by atoms with E-state index in [2.05, 4.69) is 0 Å². The van der Waals surface area contributed by atoms with Crippen molar-refractivity contribution in [1.29, 1.82) is 0 Å². The Morgan fingerprint density at radius 2 is 1.92 bits per heavy atom. The van der Waals surface area contributed by atoms with Crippen molar-refractivity contribution in [3.05, 3.63) is 10.1 Å². The molecule has 13 heavy (non-hydrogen) atoms. The molecule has 1 unspecified atom stereocenters. The summed E-state index contributed by atoms with van der Waals surface area (Å²) in [5.74, 6) is 0. The summed E-state index contributed by atoms with van der Waals surface area (Å²) in [7, 11) is 0. The van der Waals surface area contributed by atoms with Gasteiger partial charge in [-0.2, -0.15) is 13.2 Å². The van der Waals surface area contributed by atoms with Gasteiger partial charge < -0.3 is 4.79 Å². The summed E-state index contributed by atoms with van der Waals surface area (Å²) in [5.41, 5.74) is -3.02. The minimum atomic E-state index is -4.93. The van der Waals surface area contributed by atoms with Crippen LogP contribution in [0.5, 0.6) is 0 Å². The maximum Gasteiger partial charge on any atom is 0.460 e. The lowest BCUT2D eigenvalue weighted by Crippen LogP contribution is -2.49. The first kappa shape index (κ1) is 11.9. The Morgan fingerprint density at radius 3 is 2.15 bits per heavy atom. The van der Waals surface area contributed by atoms with Crippen LogP contribution in [0.2, 0.25) is 0 Å². The van der Waals surface area contributed by atoms with Gasteiger partial charge in [0.15, 0.2) is 0 Å². The standard InChI is InChI=1S/C6H8F3NO3/c1-5(10(12)13,3-2-4-11)6(7,8)9/h4H,2-3H2,1H3. The molecule has 0 rings (SSSR count). The first-order chi connectivity index (χ1) is 5.75. The summed E-state index contributed by atoms with van der Waals surface area (Å²) in [4.78, 5) is 18.5. The molecule has 0 radical (unpaired) electrons. The Kier molecular flexibility index (Phi) is 3.39. The van der Waals surface area contributed by atoms with Gasteiger partial charge in [-0.1, -0.05) is 0 Å². The Morgan fingerprint density at radius 1 is 1.46 bits per heavy atom. The summed E-state index contributed by atoms with van der Waals surface area (Å²) in [6.07, 6.45) is -6.00. The van der Waals surface area contributed by atoms with Crippen LogP contribution in [0, 0.1) is 10.1 Å². The van der Waals surface area contributed by atoms with E-state index in [-0.39, 0.29) is 6.29 Å². The summed E-state index contributed by atoms with van der Waals surface area (Å²) in [6.45, 7) is 0.469. The van der Waals surface area contributed by atoms with Crippen LogP contribution in [0.4, 0.5) is 13.2 Å². The molecule has 0 aromatic rings. The minimum absolute atomic E-state index is 0.230. The molecule has 0 aliphatic rings. The summed E-state index contributed by atoms with van der Waals surface area (Å²) >= 11 is 0. The van der Waals surface area contributed by atoms with Gasteiger partial charge in [0.1, 0.15) is 6.29 Å². The van der Waals surface area contributed by atoms with Crippen molar-refractivity contribution in [2.24, 2.45) is 0 Å². The number of rotatable bonds is 4. The van der Waals surface area contributed by atoms with Gasteiger partial charge in [-0.05, 0) is 0 Å². The van der Waals surface area contributed by atoms with Crippen molar-refractivity contribution < 1.29 is 22.9 Å². The second-order valence-corrected chi connectivity index (χ2v) is 2.73. The van der Waals surface area contributed by atoms with E-state index in [1.54, 1.807) is 0 Å². The molecule has 0 spiro atoms. The normalized spacial score (nSPS) is 16.3. The number of nitrogens with zero attached hydrogens (tertiary/aromatic N) is 1. The second-order valence-electron chi connectivity index (χ2n) is 2.73. The van der Waals surface area contributed by atoms with Crippen LogP contribution in [-0.2, 0) is 4.79 Å². The first-order valence-corrected chi connectivity index (χ1v) is 3.40. The van der Waals surface area contributed by atoms with Crippen LogP contribution in [0.3, 0.4) is 0 Å². The third-order valence-corrected chi connectivity index (χ3v) is 1.76. The average Bonchev–Trinajstić information content (AvgIpc) is 1.97. The van der Waals surface area contributed by atoms with E-state index in [4.69, 9.17) is 0 Å². The minimum Gasteiger partial charge on any atom is -0.303 e. The molecule has 0 bridgehead atoms. The zero-order valence-electron chi connectivity index (χ0n) is 6.80. The Balaban J connectivity index is 4.73. The van der Waals surface area contributed by atoms with Crippen molar-refractivity contribution in [3.63, 3.8) is 0 Å². The molecular weight excluding hydrogens is 191 g/mol. The highest BCUT2D eigenvalue weighted by Crippen LogP contribution is 2.35. The molecule has 4 nitrogen and oxygen atoms in total. The van der Waals surface area contributed by atoms with Crippen molar-refractivity contribution >= 4 is 6.29 Å². The van der Waals surface area contributed by atoms with E-state index in [9.17, 15) is 28.1 Å². The van der Waals surface area contributed by atoms with Crippen LogP contribution in [0.1, 0.15) is 19.8 Å². The van der Waals surface area contributed by atoms with Crippen LogP contribution >= 0.6 is 0 Å². The molecule has 0 heterocycles. The molecule has 0 aromatic heterocycles. The average molecular weight is 199 g/mol. The zero-order valence-corrected chi connectivity index (χ0v) is 6.80. The number of hydrogen-bond donors (Lipinski definition) is 0. The van der Waals surface area contributed by atoms with E-state index in [1.165, 1.54) is 0 Å². The molecule has 0 N–H and O–H groups in total. The SMILES string of the molecule is CC(CCC=O)([N+](=O)[O-])C(F)(F)F. The summed E-state index contributed by atoms with van der Waals surface area (Å²) in [6, 6.07) is 0. The smallest absolute Gasteiger partial charge is 0.303 e. The number of carbonyl (C=O) groups excluding carboxylic acids is 1. The fraction of sp³-hybridized carbons (Fsp3) is 0.833. The Labute approximate surface area is 71.9 Å². The summed E-state index contributed by atoms with van der Waals surface area (Å²) < 4.78 is 36.4. The highest BCUT2D eigenvalue weighted by Gasteiger charge is 2.61. The lowest BCUT2D eigenvalue weighted by molar-refractivity contribution is -0.609. The van der Waals surface area contributed by atoms with Crippen LogP contribution in [0.15, 0.2) is 0 Å². The number of aldehydes is 1. The Bertz CT molecular complexity index is 216. The predicted molar refractivity (Wildman–Crippen MR) is 36.8 cm³/mol. The van der Waals surface area contributed by atoms with Gasteiger partial charge in [0, 0.05) is 24.7 Å². The largest absolute Gasteiger partial charge is 0.460 e. The molecule has 0 saturated heterocycles. The zero-order chi connectivity index (χ0) is 10.7. The highest BCUT2D eigenvalue weighted by molar-refractivity contribution is 5.49. The molecule has 0 aliphatic heterocycles. The number of carbonyl (C=O) groups is 1. The molecule has 0 saturated carbocycles. The third-order valence-electron chi connectivity index (χ3n) is 1.76. The van der Waals surface area contributed by atoms with Gasteiger partial charge in [-0.15, -0.1) is 0 Å². The van der Waals surface area contributed by atoms with Crippen molar-refractivity contribution in [1.82, 2.24) is 0 Å². The van der Waals surface area contributed by atoms with Gasteiger partial charge in [0.25, 0.3) is 0 Å². The van der Waals surface area contributed by atoms with Gasteiger partial charge in [-0.25, -0.2) is 0 Å². The summed E-state index contributed by atoms with van der Waals surface area (Å²) in [5, 5.41) is 10.1. The highest BCUT2D eigenvalue weighted by atomic mass is 19.4. The number of hydrogen-bond acceptors (Lipinski definition) is 3. The predicted octanol–water partition coefficient (Wildman–Crippen LogP) is 1.56. The van der Waals surface area contributed by atoms with Crippen molar-refractivity contribution in [2.45, 2.75) is 31.5 Å². The van der Waals surface area contributed by atoms with E-state index < -0.39 is 29.5 Å². The first-order valence-electron chi connectivity index (χ1n) is 3.40. The molecule has 0 amide bonds. The van der Waals surface area contributed by atoms with E-state index in [1.807, 2.05) is 0 Å². The topological polar surface area (TPSA) is 60.2 Å². The van der Waals surface area contributed by atoms with Crippen molar-refractivity contribution in [2.75, 3.05) is 0 Å². The Hall–Kier alpha value is -1.14. The lowest BCUT2D eigenvalue weighted by atomic mass is 9.96. The molecule has 0 aromatic carbocycles. The molecule has 7 heteroatoms. The van der Waals surface area contributed by atoms with Gasteiger partial charge in [0.05, 0.1) is 0 Å². The van der Waals surface area contributed by atoms with Gasteiger partial charge in [0.2, 0.25) is 0 Å². The molecule has 1 atom stereocenters. The van der Waals surface area contributed by atoms with Crippen LogP contribution < -0.4 is 0 Å². The lowest BCUT2D eigenvalue weighted by Gasteiger charge is -2.22. The number of nitro groups is 1. The monoisotopic (exact) mass is 199 g/mol. The maximum absolute atomic E-state index is 12.1. The van der Waals surface area contributed by atoms with Gasteiger partial charge in [-0.3, -0.25) is 10.1 Å². The molecule has 76 valence electrons. The molecule has 0 fully saturated rings. The maximum atomic E-state index is 12.1. The molecular formula is C6H8F3NO3. The fourth-order valence-corrected chi connectivity index (χ4v) is 0.677. The third kappa shape index (κ3) is 2.40. The number of alkyl halides is 3. The van der Waals surface area contributed by atoms with E-state index in [0.29, 0.717) is 6.92 Å².